The molecule has 2 aromatic carbocycles. The molecule has 2 nitrogen and oxygen atoms in total. The van der Waals surface area contributed by atoms with Gasteiger partial charge in [0.15, 0.2) is 0 Å². The van der Waals surface area contributed by atoms with Crippen LogP contribution in [0.2, 0.25) is 10.0 Å². The molecule has 0 amide bonds. The van der Waals surface area contributed by atoms with Crippen molar-refractivity contribution in [3.05, 3.63) is 69.7 Å². The van der Waals surface area contributed by atoms with Gasteiger partial charge < -0.3 is 10.4 Å². The molecule has 0 aliphatic rings. The second kappa shape index (κ2) is 7.28. The molecule has 0 aliphatic carbocycles. The third-order valence-electron chi connectivity index (χ3n) is 3.45. The second-order valence-corrected chi connectivity index (χ2v) is 6.15. The maximum atomic E-state index is 10.5. The molecule has 0 radical (unpaired) electrons. The Kier molecular flexibility index (Phi) is 5.65. The standard InChI is InChI=1S/C17H19Cl2NO/c1-17(21,14-5-3-2-4-6-14)12-20-10-9-13-7-8-15(18)11-16(13)19/h2-8,11,20-21H,9-10,12H2,1H3. The van der Waals surface area contributed by atoms with Gasteiger partial charge in [0.1, 0.15) is 0 Å². The van der Waals surface area contributed by atoms with Crippen molar-refractivity contribution in [2.75, 3.05) is 13.1 Å². The molecule has 0 fully saturated rings. The molecular weight excluding hydrogens is 305 g/mol. The van der Waals surface area contributed by atoms with E-state index in [4.69, 9.17) is 23.2 Å². The minimum absolute atomic E-state index is 0.488. The van der Waals surface area contributed by atoms with Crippen molar-refractivity contribution in [3.63, 3.8) is 0 Å². The van der Waals surface area contributed by atoms with E-state index in [1.807, 2.05) is 49.4 Å². The maximum Gasteiger partial charge on any atom is 0.0992 e. The van der Waals surface area contributed by atoms with Crippen molar-refractivity contribution in [2.24, 2.45) is 0 Å². The second-order valence-electron chi connectivity index (χ2n) is 5.30. The summed E-state index contributed by atoms with van der Waals surface area (Å²) in [6.07, 6.45) is 0.793. The first kappa shape index (κ1) is 16.3. The minimum atomic E-state index is -0.884. The summed E-state index contributed by atoms with van der Waals surface area (Å²) in [6.45, 7) is 3.04. The number of aliphatic hydroxyl groups is 1. The van der Waals surface area contributed by atoms with E-state index in [0.717, 1.165) is 24.1 Å². The third kappa shape index (κ3) is 4.72. The van der Waals surface area contributed by atoms with Crippen molar-refractivity contribution in [2.45, 2.75) is 18.9 Å². The van der Waals surface area contributed by atoms with Crippen LogP contribution in [0.1, 0.15) is 18.1 Å². The summed E-state index contributed by atoms with van der Waals surface area (Å²) in [7, 11) is 0. The molecular formula is C17H19Cl2NO. The van der Waals surface area contributed by atoms with Gasteiger partial charge >= 0.3 is 0 Å². The molecule has 0 bridgehead atoms. The van der Waals surface area contributed by atoms with E-state index < -0.39 is 5.60 Å². The van der Waals surface area contributed by atoms with Crippen LogP contribution in [-0.2, 0) is 12.0 Å². The van der Waals surface area contributed by atoms with Gasteiger partial charge in [-0.05, 0) is 43.1 Å². The summed E-state index contributed by atoms with van der Waals surface area (Å²) in [4.78, 5) is 0. The molecule has 0 spiro atoms. The Morgan fingerprint density at radius 3 is 2.48 bits per heavy atom. The Labute approximate surface area is 135 Å². The zero-order valence-corrected chi connectivity index (χ0v) is 13.5. The number of rotatable bonds is 6. The van der Waals surface area contributed by atoms with E-state index in [1.54, 1.807) is 6.07 Å². The van der Waals surface area contributed by atoms with Crippen LogP contribution in [0.15, 0.2) is 48.5 Å². The van der Waals surface area contributed by atoms with Gasteiger partial charge in [-0.2, -0.15) is 0 Å². The van der Waals surface area contributed by atoms with E-state index in [2.05, 4.69) is 5.32 Å². The Morgan fingerprint density at radius 1 is 1.10 bits per heavy atom. The van der Waals surface area contributed by atoms with Crippen molar-refractivity contribution in [3.8, 4) is 0 Å². The van der Waals surface area contributed by atoms with Crippen LogP contribution < -0.4 is 5.32 Å². The zero-order chi connectivity index (χ0) is 15.3. The van der Waals surface area contributed by atoms with Gasteiger partial charge in [0, 0.05) is 16.6 Å². The lowest BCUT2D eigenvalue weighted by Gasteiger charge is -2.24. The van der Waals surface area contributed by atoms with Gasteiger partial charge in [0.05, 0.1) is 5.60 Å². The smallest absolute Gasteiger partial charge is 0.0992 e. The van der Waals surface area contributed by atoms with Crippen molar-refractivity contribution in [1.29, 1.82) is 0 Å². The fraction of sp³-hybridized carbons (Fsp3) is 0.294. The molecule has 0 aromatic heterocycles. The summed E-state index contributed by atoms with van der Waals surface area (Å²) in [6, 6.07) is 15.2. The molecule has 21 heavy (non-hydrogen) atoms. The van der Waals surface area contributed by atoms with Crippen LogP contribution in [0.25, 0.3) is 0 Å². The predicted molar refractivity (Wildman–Crippen MR) is 89.0 cm³/mol. The van der Waals surface area contributed by atoms with Crippen LogP contribution in [0.4, 0.5) is 0 Å². The van der Waals surface area contributed by atoms with E-state index in [-0.39, 0.29) is 0 Å². The lowest BCUT2D eigenvalue weighted by Crippen LogP contribution is -2.36. The highest BCUT2D eigenvalue weighted by atomic mass is 35.5. The van der Waals surface area contributed by atoms with Crippen molar-refractivity contribution >= 4 is 23.2 Å². The number of halogens is 2. The van der Waals surface area contributed by atoms with Crippen LogP contribution in [-0.4, -0.2) is 18.2 Å². The quantitative estimate of drug-likeness (QED) is 0.786. The van der Waals surface area contributed by atoms with Gasteiger partial charge in [0.2, 0.25) is 0 Å². The summed E-state index contributed by atoms with van der Waals surface area (Å²) in [5.74, 6) is 0. The van der Waals surface area contributed by atoms with E-state index >= 15 is 0 Å². The molecule has 0 aliphatic heterocycles. The lowest BCUT2D eigenvalue weighted by atomic mass is 9.96. The molecule has 0 saturated carbocycles. The maximum absolute atomic E-state index is 10.5. The monoisotopic (exact) mass is 323 g/mol. The SMILES string of the molecule is CC(O)(CNCCc1ccc(Cl)cc1Cl)c1ccccc1. The first-order valence-electron chi connectivity index (χ1n) is 6.91. The van der Waals surface area contributed by atoms with E-state index in [1.165, 1.54) is 0 Å². The molecule has 0 saturated heterocycles. The molecule has 0 heterocycles. The van der Waals surface area contributed by atoms with E-state index in [9.17, 15) is 5.11 Å². The fourth-order valence-electron chi connectivity index (χ4n) is 2.18. The lowest BCUT2D eigenvalue weighted by molar-refractivity contribution is 0.0573. The van der Waals surface area contributed by atoms with Crippen molar-refractivity contribution < 1.29 is 5.11 Å². The molecule has 1 atom stereocenters. The van der Waals surface area contributed by atoms with Crippen LogP contribution >= 0.6 is 23.2 Å². The number of benzene rings is 2. The number of hydrogen-bond acceptors (Lipinski definition) is 2. The average molecular weight is 324 g/mol. The largest absolute Gasteiger partial charge is 0.384 e. The highest BCUT2D eigenvalue weighted by Gasteiger charge is 2.21. The Balaban J connectivity index is 1.84. The minimum Gasteiger partial charge on any atom is -0.384 e. The number of hydrogen-bond donors (Lipinski definition) is 2. The van der Waals surface area contributed by atoms with Gasteiger partial charge in [0.25, 0.3) is 0 Å². The summed E-state index contributed by atoms with van der Waals surface area (Å²) in [5, 5.41) is 15.1. The zero-order valence-electron chi connectivity index (χ0n) is 11.9. The molecule has 2 N–H and O–H groups in total. The van der Waals surface area contributed by atoms with Gasteiger partial charge in [-0.15, -0.1) is 0 Å². The highest BCUT2D eigenvalue weighted by molar-refractivity contribution is 6.35. The first-order chi connectivity index (χ1) is 9.99. The average Bonchev–Trinajstić information content (AvgIpc) is 2.46. The van der Waals surface area contributed by atoms with Gasteiger partial charge in [-0.1, -0.05) is 59.6 Å². The molecule has 112 valence electrons. The topological polar surface area (TPSA) is 32.3 Å². The first-order valence-corrected chi connectivity index (χ1v) is 7.67. The third-order valence-corrected chi connectivity index (χ3v) is 4.04. The number of nitrogens with one attached hydrogen (secondary N) is 1. The van der Waals surface area contributed by atoms with E-state index in [0.29, 0.717) is 16.6 Å². The van der Waals surface area contributed by atoms with Crippen LogP contribution in [0, 0.1) is 0 Å². The molecule has 2 aromatic rings. The van der Waals surface area contributed by atoms with Crippen LogP contribution in [0.3, 0.4) is 0 Å². The molecule has 4 heteroatoms. The molecule has 2 rings (SSSR count). The normalized spacial score (nSPS) is 13.9. The predicted octanol–water partition coefficient (Wildman–Crippen LogP) is 4.03. The molecule has 1 unspecified atom stereocenters. The fourth-order valence-corrected chi connectivity index (χ4v) is 2.68. The Bertz CT molecular complexity index is 585. The summed E-state index contributed by atoms with van der Waals surface area (Å²) in [5.41, 5.74) is 1.07. The van der Waals surface area contributed by atoms with Gasteiger partial charge in [-0.3, -0.25) is 0 Å². The summed E-state index contributed by atoms with van der Waals surface area (Å²) < 4.78 is 0. The Morgan fingerprint density at radius 2 is 1.81 bits per heavy atom. The van der Waals surface area contributed by atoms with Crippen LogP contribution in [0.5, 0.6) is 0 Å². The van der Waals surface area contributed by atoms with Crippen molar-refractivity contribution in [1.82, 2.24) is 5.32 Å². The summed E-state index contributed by atoms with van der Waals surface area (Å²) >= 11 is 12.0. The highest BCUT2D eigenvalue weighted by Crippen LogP contribution is 2.21. The Hall–Kier alpha value is -1.06. The van der Waals surface area contributed by atoms with Gasteiger partial charge in [-0.25, -0.2) is 0 Å².